The van der Waals surface area contributed by atoms with Crippen molar-refractivity contribution >= 4 is 0 Å². The molecule has 0 bridgehead atoms. The summed E-state index contributed by atoms with van der Waals surface area (Å²) in [5, 5.41) is 0. The maximum absolute atomic E-state index is 13.0. The summed E-state index contributed by atoms with van der Waals surface area (Å²) >= 11 is 0. The van der Waals surface area contributed by atoms with Crippen LogP contribution < -0.4 is 0 Å². The van der Waals surface area contributed by atoms with Crippen LogP contribution in [0.25, 0.3) is 0 Å². The molecule has 2 aliphatic carbocycles. The van der Waals surface area contributed by atoms with Gasteiger partial charge in [-0.05, 0) is 54.3 Å². The van der Waals surface area contributed by atoms with Gasteiger partial charge in [-0.15, -0.1) is 0 Å². The summed E-state index contributed by atoms with van der Waals surface area (Å²) in [5.74, 6) is 2.42. The van der Waals surface area contributed by atoms with Gasteiger partial charge in [0.05, 0.1) is 6.67 Å². The van der Waals surface area contributed by atoms with E-state index in [9.17, 15) is 4.39 Å². The molecular weight excluding hydrogens is 211 g/mol. The van der Waals surface area contributed by atoms with Gasteiger partial charge in [0.1, 0.15) is 0 Å². The van der Waals surface area contributed by atoms with Crippen molar-refractivity contribution < 1.29 is 4.39 Å². The van der Waals surface area contributed by atoms with Crippen LogP contribution >= 0.6 is 0 Å². The van der Waals surface area contributed by atoms with Crippen LogP contribution in [0.1, 0.15) is 66.2 Å². The third-order valence-electron chi connectivity index (χ3n) is 6.45. The molecule has 17 heavy (non-hydrogen) atoms. The average Bonchev–Trinajstić information content (AvgIpc) is 2.75. The van der Waals surface area contributed by atoms with Crippen molar-refractivity contribution in [2.24, 2.45) is 28.6 Å². The van der Waals surface area contributed by atoms with E-state index in [1.807, 2.05) is 0 Å². The molecule has 100 valence electrons. The summed E-state index contributed by atoms with van der Waals surface area (Å²) in [6.45, 7) is 9.42. The highest BCUT2D eigenvalue weighted by molar-refractivity contribution is 5.10. The lowest BCUT2D eigenvalue weighted by atomic mass is 9.65. The summed E-state index contributed by atoms with van der Waals surface area (Å²) in [7, 11) is 0. The Balaban J connectivity index is 2.36. The molecule has 0 nitrogen and oxygen atoms in total. The lowest BCUT2D eigenvalue weighted by Gasteiger charge is -2.40. The molecular formula is C16H29F. The van der Waals surface area contributed by atoms with E-state index >= 15 is 0 Å². The fourth-order valence-electron chi connectivity index (χ4n) is 5.72. The second-order valence-corrected chi connectivity index (χ2v) is 6.96. The Labute approximate surface area is 106 Å². The predicted octanol–water partition coefficient (Wildman–Crippen LogP) is 5.22. The molecule has 4 unspecified atom stereocenters. The molecule has 1 heteroatoms. The molecule has 2 aliphatic rings. The topological polar surface area (TPSA) is 0 Å². The molecule has 0 aromatic carbocycles. The van der Waals surface area contributed by atoms with Crippen molar-refractivity contribution in [3.05, 3.63) is 0 Å². The van der Waals surface area contributed by atoms with Gasteiger partial charge in [0, 0.05) is 0 Å². The molecule has 0 aromatic heterocycles. The first-order valence-electron chi connectivity index (χ1n) is 7.60. The highest BCUT2D eigenvalue weighted by atomic mass is 19.1. The summed E-state index contributed by atoms with van der Waals surface area (Å²) in [5.41, 5.74) is 0.833. The smallest absolute Gasteiger partial charge is 0.0899 e. The molecule has 5 atom stereocenters. The van der Waals surface area contributed by atoms with E-state index in [0.717, 1.165) is 24.2 Å². The fraction of sp³-hybridized carbons (Fsp3) is 1.00. The molecule has 0 N–H and O–H groups in total. The van der Waals surface area contributed by atoms with Gasteiger partial charge in [0.2, 0.25) is 0 Å². The van der Waals surface area contributed by atoms with Crippen LogP contribution in [-0.2, 0) is 0 Å². The summed E-state index contributed by atoms with van der Waals surface area (Å²) in [4.78, 5) is 0. The zero-order chi connectivity index (χ0) is 12.7. The minimum absolute atomic E-state index is 0.121. The summed E-state index contributed by atoms with van der Waals surface area (Å²) < 4.78 is 13.0. The largest absolute Gasteiger partial charge is 0.251 e. The molecule has 0 aliphatic heterocycles. The molecule has 0 heterocycles. The molecule has 2 saturated carbocycles. The van der Waals surface area contributed by atoms with E-state index in [4.69, 9.17) is 0 Å². The van der Waals surface area contributed by atoms with Gasteiger partial charge >= 0.3 is 0 Å². The van der Waals surface area contributed by atoms with Gasteiger partial charge < -0.3 is 0 Å². The monoisotopic (exact) mass is 240 g/mol. The van der Waals surface area contributed by atoms with Crippen molar-refractivity contribution in [3.63, 3.8) is 0 Å². The van der Waals surface area contributed by atoms with Crippen LogP contribution in [0, 0.1) is 28.6 Å². The Morgan fingerprint density at radius 3 is 2.53 bits per heavy atom. The van der Waals surface area contributed by atoms with Gasteiger partial charge in [-0.3, -0.25) is 4.39 Å². The minimum Gasteiger partial charge on any atom is -0.251 e. The second kappa shape index (κ2) is 4.55. The Kier molecular flexibility index (Phi) is 3.58. The van der Waals surface area contributed by atoms with Crippen molar-refractivity contribution in [2.45, 2.75) is 66.2 Å². The van der Waals surface area contributed by atoms with Crippen LogP contribution in [0.15, 0.2) is 0 Å². The van der Waals surface area contributed by atoms with E-state index in [1.165, 1.54) is 32.1 Å². The molecule has 0 saturated heterocycles. The summed E-state index contributed by atoms with van der Waals surface area (Å²) in [6, 6.07) is 0. The van der Waals surface area contributed by atoms with Gasteiger partial charge in [-0.2, -0.15) is 0 Å². The quantitative estimate of drug-likeness (QED) is 0.631. The average molecular weight is 240 g/mol. The fourth-order valence-corrected chi connectivity index (χ4v) is 5.72. The SMILES string of the molecule is CCC1CC(CC)(CCF)[C@H]2C(C)CCC12C. The van der Waals surface area contributed by atoms with E-state index in [1.54, 1.807) is 0 Å². The first kappa shape index (κ1) is 13.4. The van der Waals surface area contributed by atoms with Crippen molar-refractivity contribution in [1.82, 2.24) is 0 Å². The van der Waals surface area contributed by atoms with Gasteiger partial charge in [-0.1, -0.05) is 40.5 Å². The van der Waals surface area contributed by atoms with Crippen molar-refractivity contribution in [3.8, 4) is 0 Å². The minimum atomic E-state index is -0.121. The highest BCUT2D eigenvalue weighted by Gasteiger charge is 2.61. The number of alkyl halides is 1. The Bertz CT molecular complexity index is 275. The molecule has 0 amide bonds. The van der Waals surface area contributed by atoms with Crippen LogP contribution in [0.4, 0.5) is 4.39 Å². The van der Waals surface area contributed by atoms with Crippen LogP contribution in [0.3, 0.4) is 0 Å². The lowest BCUT2D eigenvalue weighted by molar-refractivity contribution is 0.0782. The van der Waals surface area contributed by atoms with Gasteiger partial charge in [0.15, 0.2) is 0 Å². The number of rotatable bonds is 4. The van der Waals surface area contributed by atoms with E-state index in [-0.39, 0.29) is 6.67 Å². The molecule has 0 spiro atoms. The number of halogens is 1. The standard InChI is InChI=1S/C16H29F/c1-5-13-11-16(6-2,9-10-17)14-12(3)7-8-15(13,14)4/h12-14H,5-11H2,1-4H3/t12?,13?,14-,15?,16?/m0/s1. The molecule has 0 aromatic rings. The number of hydrogen-bond acceptors (Lipinski definition) is 0. The predicted molar refractivity (Wildman–Crippen MR) is 71.7 cm³/mol. The Morgan fingerprint density at radius 2 is 2.00 bits per heavy atom. The van der Waals surface area contributed by atoms with E-state index in [0.29, 0.717) is 10.8 Å². The molecule has 2 rings (SSSR count). The van der Waals surface area contributed by atoms with Crippen molar-refractivity contribution in [2.75, 3.05) is 6.67 Å². The first-order chi connectivity index (χ1) is 8.04. The van der Waals surface area contributed by atoms with Crippen LogP contribution in [-0.4, -0.2) is 6.67 Å². The number of hydrogen-bond donors (Lipinski definition) is 0. The Morgan fingerprint density at radius 1 is 1.29 bits per heavy atom. The number of fused-ring (bicyclic) bond motifs is 1. The van der Waals surface area contributed by atoms with Crippen molar-refractivity contribution in [1.29, 1.82) is 0 Å². The van der Waals surface area contributed by atoms with Crippen LogP contribution in [0.5, 0.6) is 0 Å². The molecule has 2 fully saturated rings. The summed E-state index contributed by atoms with van der Waals surface area (Å²) in [6.07, 6.45) is 7.31. The zero-order valence-corrected chi connectivity index (χ0v) is 12.1. The highest BCUT2D eigenvalue weighted by Crippen LogP contribution is 2.69. The van der Waals surface area contributed by atoms with E-state index in [2.05, 4.69) is 27.7 Å². The maximum Gasteiger partial charge on any atom is 0.0899 e. The normalized spacial score (nSPS) is 49.6. The lowest BCUT2D eigenvalue weighted by Crippen LogP contribution is -2.34. The first-order valence-corrected chi connectivity index (χ1v) is 7.60. The second-order valence-electron chi connectivity index (χ2n) is 6.96. The van der Waals surface area contributed by atoms with Gasteiger partial charge in [-0.25, -0.2) is 0 Å². The maximum atomic E-state index is 13.0. The third kappa shape index (κ3) is 1.76. The molecule has 0 radical (unpaired) electrons. The zero-order valence-electron chi connectivity index (χ0n) is 12.1. The van der Waals surface area contributed by atoms with Crippen LogP contribution in [0.2, 0.25) is 0 Å². The van der Waals surface area contributed by atoms with E-state index < -0.39 is 0 Å². The van der Waals surface area contributed by atoms with Gasteiger partial charge in [0.25, 0.3) is 0 Å². The third-order valence-corrected chi connectivity index (χ3v) is 6.45. The Hall–Kier alpha value is -0.0700.